The van der Waals surface area contributed by atoms with Crippen molar-refractivity contribution >= 4 is 17.1 Å². The number of carbonyl (C=O) groups is 1. The van der Waals surface area contributed by atoms with E-state index in [-0.39, 0.29) is 12.3 Å². The van der Waals surface area contributed by atoms with Gasteiger partial charge in [-0.3, -0.25) is 9.51 Å². The molecular formula is C32H36N4O5. The molecule has 2 heterocycles. The van der Waals surface area contributed by atoms with Crippen molar-refractivity contribution in [2.75, 3.05) is 6.61 Å². The zero-order valence-electron chi connectivity index (χ0n) is 24.2. The molecule has 4 aromatic rings. The number of aromatic nitrogens is 4. The van der Waals surface area contributed by atoms with Gasteiger partial charge in [0.2, 0.25) is 0 Å². The number of allylic oxidation sites excluding steroid dienone is 1. The summed E-state index contributed by atoms with van der Waals surface area (Å²) in [7, 11) is 0. The Labute approximate surface area is 238 Å². The molecule has 0 spiro atoms. The number of nitrogens with one attached hydrogen (secondary N) is 1. The molecule has 2 aromatic heterocycles. The average Bonchev–Trinajstić information content (AvgIpc) is 3.48. The summed E-state index contributed by atoms with van der Waals surface area (Å²) in [5.41, 5.74) is 6.64. The third-order valence-corrected chi connectivity index (χ3v) is 7.47. The SMILES string of the molecule is CCCc1nc(C(C)(C)O)c(C(=O)OCC)n1Cc1ccc2c(c1)CCc1ccccc1/C2=C(\C)c1noc(=O)[nH]1. The van der Waals surface area contributed by atoms with Crippen LogP contribution in [0.4, 0.5) is 0 Å². The van der Waals surface area contributed by atoms with E-state index in [2.05, 4.69) is 47.4 Å². The van der Waals surface area contributed by atoms with Gasteiger partial charge in [-0.2, -0.15) is 0 Å². The molecule has 0 aliphatic heterocycles. The van der Waals surface area contributed by atoms with Crippen LogP contribution in [0.1, 0.15) is 96.7 Å². The summed E-state index contributed by atoms with van der Waals surface area (Å²) in [4.78, 5) is 32.3. The van der Waals surface area contributed by atoms with Gasteiger partial charge in [0.1, 0.15) is 17.1 Å². The lowest BCUT2D eigenvalue weighted by atomic mass is 9.89. The van der Waals surface area contributed by atoms with Gasteiger partial charge in [0.15, 0.2) is 11.5 Å². The van der Waals surface area contributed by atoms with Crippen molar-refractivity contribution in [3.8, 4) is 0 Å². The lowest BCUT2D eigenvalue weighted by molar-refractivity contribution is 0.0469. The van der Waals surface area contributed by atoms with Gasteiger partial charge in [0.05, 0.1) is 6.61 Å². The second-order valence-electron chi connectivity index (χ2n) is 10.9. The number of aliphatic hydroxyl groups is 1. The minimum Gasteiger partial charge on any atom is -0.461 e. The summed E-state index contributed by atoms with van der Waals surface area (Å²) < 4.78 is 12.1. The molecule has 9 nitrogen and oxygen atoms in total. The van der Waals surface area contributed by atoms with Crippen LogP contribution in [0.5, 0.6) is 0 Å². The van der Waals surface area contributed by atoms with E-state index in [9.17, 15) is 14.7 Å². The number of carbonyl (C=O) groups excluding carboxylic acids is 1. The van der Waals surface area contributed by atoms with Crippen molar-refractivity contribution in [3.05, 3.63) is 104 Å². The fraction of sp³-hybridized carbons (Fsp3) is 0.375. The number of aryl methyl sites for hydroxylation is 3. The van der Waals surface area contributed by atoms with Gasteiger partial charge in [-0.15, -0.1) is 0 Å². The summed E-state index contributed by atoms with van der Waals surface area (Å²) >= 11 is 0. The summed E-state index contributed by atoms with van der Waals surface area (Å²) in [5, 5.41) is 14.8. The number of imidazole rings is 1. The summed E-state index contributed by atoms with van der Waals surface area (Å²) in [5.74, 6) is 0.0506. The first-order valence-electron chi connectivity index (χ1n) is 14.1. The minimum atomic E-state index is -1.31. The molecule has 0 bridgehead atoms. The van der Waals surface area contributed by atoms with Gasteiger partial charge in [-0.25, -0.2) is 14.6 Å². The monoisotopic (exact) mass is 556 g/mol. The number of hydrogen-bond acceptors (Lipinski definition) is 7. The fourth-order valence-electron chi connectivity index (χ4n) is 5.61. The van der Waals surface area contributed by atoms with Crippen LogP contribution in [0, 0.1) is 0 Å². The highest BCUT2D eigenvalue weighted by Gasteiger charge is 2.32. The molecule has 2 aromatic carbocycles. The number of fused-ring (bicyclic) bond motifs is 2. The van der Waals surface area contributed by atoms with Crippen LogP contribution >= 0.6 is 0 Å². The van der Waals surface area contributed by atoms with Crippen molar-refractivity contribution in [1.82, 2.24) is 19.7 Å². The Morgan fingerprint density at radius 3 is 2.54 bits per heavy atom. The molecule has 0 atom stereocenters. The first-order valence-corrected chi connectivity index (χ1v) is 14.1. The van der Waals surface area contributed by atoms with Crippen LogP contribution in [-0.4, -0.2) is 37.4 Å². The topological polar surface area (TPSA) is 123 Å². The Kier molecular flexibility index (Phi) is 7.82. The van der Waals surface area contributed by atoms with Crippen LogP contribution in [-0.2, 0) is 36.1 Å². The Hall–Kier alpha value is -4.24. The molecule has 9 heteroatoms. The lowest BCUT2D eigenvalue weighted by Gasteiger charge is -2.18. The number of aromatic amines is 1. The zero-order valence-corrected chi connectivity index (χ0v) is 24.2. The quantitative estimate of drug-likeness (QED) is 0.291. The van der Waals surface area contributed by atoms with Crippen molar-refractivity contribution < 1.29 is 19.2 Å². The van der Waals surface area contributed by atoms with Crippen molar-refractivity contribution in [2.24, 2.45) is 0 Å². The predicted octanol–water partition coefficient (Wildman–Crippen LogP) is 5.04. The van der Waals surface area contributed by atoms with Crippen LogP contribution in [0.25, 0.3) is 11.1 Å². The maximum Gasteiger partial charge on any atom is 0.439 e. The number of nitrogens with zero attached hydrogens (tertiary/aromatic N) is 3. The maximum absolute atomic E-state index is 13.2. The number of H-pyrrole nitrogens is 1. The number of esters is 1. The molecule has 0 amide bonds. The van der Waals surface area contributed by atoms with Crippen LogP contribution in [0.15, 0.2) is 51.8 Å². The van der Waals surface area contributed by atoms with Gasteiger partial charge in [-0.05, 0) is 80.3 Å². The second-order valence-corrected chi connectivity index (χ2v) is 10.9. The smallest absolute Gasteiger partial charge is 0.439 e. The predicted molar refractivity (Wildman–Crippen MR) is 156 cm³/mol. The van der Waals surface area contributed by atoms with Crippen molar-refractivity contribution in [1.29, 1.82) is 0 Å². The van der Waals surface area contributed by atoms with Gasteiger partial charge < -0.3 is 14.4 Å². The van der Waals surface area contributed by atoms with E-state index in [4.69, 9.17) is 14.2 Å². The molecule has 2 N–H and O–H groups in total. The molecule has 0 saturated carbocycles. The van der Waals surface area contributed by atoms with E-state index < -0.39 is 17.3 Å². The number of hydrogen-bond donors (Lipinski definition) is 2. The fourth-order valence-corrected chi connectivity index (χ4v) is 5.61. The molecule has 1 aliphatic rings. The standard InChI is InChI=1S/C32H36N4O5/c1-6-10-25-33-28(32(4,5)39)27(30(37)40-7-2)36(25)18-20-13-16-24-22(17-20)15-14-21-11-8-9-12-23(21)26(24)19(3)29-34-31(38)41-35-29/h8-9,11-13,16-17,39H,6-7,10,14-15,18H2,1-5H3,(H,34,35,38)/b26-19-. The molecule has 0 radical (unpaired) electrons. The lowest BCUT2D eigenvalue weighted by Crippen LogP contribution is -2.23. The van der Waals surface area contributed by atoms with E-state index in [0.29, 0.717) is 24.5 Å². The molecular weight excluding hydrogens is 520 g/mol. The van der Waals surface area contributed by atoms with Crippen molar-refractivity contribution in [2.45, 2.75) is 72.4 Å². The number of rotatable bonds is 8. The third kappa shape index (κ3) is 5.54. The average molecular weight is 557 g/mol. The molecule has 5 rings (SSSR count). The summed E-state index contributed by atoms with van der Waals surface area (Å²) in [6.07, 6.45) is 3.16. The van der Waals surface area contributed by atoms with Crippen LogP contribution in [0.2, 0.25) is 0 Å². The Morgan fingerprint density at radius 1 is 1.12 bits per heavy atom. The Balaban J connectivity index is 1.64. The molecule has 0 fully saturated rings. The van der Waals surface area contributed by atoms with Gasteiger partial charge in [0, 0.05) is 18.5 Å². The summed E-state index contributed by atoms with van der Waals surface area (Å²) in [6.45, 7) is 9.67. The van der Waals surface area contributed by atoms with E-state index in [0.717, 1.165) is 58.5 Å². The van der Waals surface area contributed by atoms with E-state index >= 15 is 0 Å². The van der Waals surface area contributed by atoms with E-state index in [1.54, 1.807) is 20.8 Å². The first-order chi connectivity index (χ1) is 19.6. The van der Waals surface area contributed by atoms with E-state index in [1.165, 1.54) is 5.56 Å². The summed E-state index contributed by atoms with van der Waals surface area (Å²) in [6, 6.07) is 14.6. The zero-order chi connectivity index (χ0) is 29.3. The molecule has 0 unspecified atom stereocenters. The molecule has 1 aliphatic carbocycles. The highest BCUT2D eigenvalue weighted by Crippen LogP contribution is 2.38. The number of ether oxygens (including phenoxy) is 1. The molecule has 41 heavy (non-hydrogen) atoms. The van der Waals surface area contributed by atoms with Crippen LogP contribution < -0.4 is 5.76 Å². The van der Waals surface area contributed by atoms with Gasteiger partial charge >= 0.3 is 11.7 Å². The second kappa shape index (κ2) is 11.3. The Bertz CT molecular complexity index is 1680. The molecule has 214 valence electrons. The highest BCUT2D eigenvalue weighted by molar-refractivity contribution is 5.98. The van der Waals surface area contributed by atoms with Crippen LogP contribution in [0.3, 0.4) is 0 Å². The van der Waals surface area contributed by atoms with Crippen molar-refractivity contribution in [3.63, 3.8) is 0 Å². The largest absolute Gasteiger partial charge is 0.461 e. The normalized spacial score (nSPS) is 14.3. The number of benzene rings is 2. The minimum absolute atomic E-state index is 0.225. The Morgan fingerprint density at radius 2 is 1.85 bits per heavy atom. The third-order valence-electron chi connectivity index (χ3n) is 7.47. The molecule has 0 saturated heterocycles. The van der Waals surface area contributed by atoms with Gasteiger partial charge in [-0.1, -0.05) is 54.5 Å². The first kappa shape index (κ1) is 28.3. The van der Waals surface area contributed by atoms with Gasteiger partial charge in [0.25, 0.3) is 0 Å². The maximum atomic E-state index is 13.2. The van der Waals surface area contributed by atoms with E-state index in [1.807, 2.05) is 23.6 Å². The highest BCUT2D eigenvalue weighted by atomic mass is 16.5.